The van der Waals surface area contributed by atoms with E-state index in [9.17, 15) is 0 Å². The van der Waals surface area contributed by atoms with E-state index in [0.717, 1.165) is 23.4 Å². The second-order valence-corrected chi connectivity index (χ2v) is 5.56. The number of rotatable bonds is 4. The average Bonchev–Trinajstić information content (AvgIpc) is 2.69. The predicted octanol–water partition coefficient (Wildman–Crippen LogP) is 3.44. The van der Waals surface area contributed by atoms with Crippen LogP contribution < -0.4 is 5.73 Å². The molecule has 0 aromatic heterocycles. The first-order valence-electron chi connectivity index (χ1n) is 6.21. The number of hydrogen-bond acceptors (Lipinski definition) is 2. The highest BCUT2D eigenvalue weighted by Gasteiger charge is 2.29. The van der Waals surface area contributed by atoms with Gasteiger partial charge in [-0.2, -0.15) is 0 Å². The van der Waals surface area contributed by atoms with E-state index in [4.69, 9.17) is 22.1 Å². The second-order valence-electron chi connectivity index (χ2n) is 5.16. The summed E-state index contributed by atoms with van der Waals surface area (Å²) in [5.41, 5.74) is 8.34. The van der Waals surface area contributed by atoms with Crippen LogP contribution in [0.5, 0.6) is 0 Å². The van der Waals surface area contributed by atoms with E-state index in [1.54, 1.807) is 0 Å². The van der Waals surface area contributed by atoms with Crippen LogP contribution in [0.25, 0.3) is 0 Å². The first kappa shape index (κ1) is 12.9. The fraction of sp³-hybridized carbons (Fsp3) is 0.571. The maximum atomic E-state index is 6.23. The maximum absolute atomic E-state index is 6.23. The largest absolute Gasteiger partial charge is 0.375 e. The van der Waals surface area contributed by atoms with Crippen LogP contribution >= 0.6 is 11.6 Å². The third kappa shape index (κ3) is 3.44. The van der Waals surface area contributed by atoms with Crippen LogP contribution in [0.1, 0.15) is 36.8 Å². The Hall–Kier alpha value is -0.570. The molecule has 3 heteroatoms. The summed E-state index contributed by atoms with van der Waals surface area (Å²) in [5.74, 6) is 0. The van der Waals surface area contributed by atoms with Crippen molar-refractivity contribution in [2.24, 2.45) is 5.73 Å². The Bertz CT molecular complexity index is 386. The summed E-state index contributed by atoms with van der Waals surface area (Å²) in [7, 11) is 0. The lowest BCUT2D eigenvalue weighted by Gasteiger charge is -2.23. The van der Waals surface area contributed by atoms with Crippen molar-refractivity contribution in [3.05, 3.63) is 34.3 Å². The summed E-state index contributed by atoms with van der Waals surface area (Å²) in [6.07, 6.45) is 4.61. The first-order chi connectivity index (χ1) is 8.09. The Balaban J connectivity index is 1.85. The van der Waals surface area contributed by atoms with E-state index in [1.165, 1.54) is 18.4 Å². The number of halogens is 1. The molecule has 2 nitrogen and oxygen atoms in total. The van der Waals surface area contributed by atoms with E-state index in [-0.39, 0.29) is 5.54 Å². The minimum Gasteiger partial charge on any atom is -0.375 e. The molecular formula is C14H20ClNO. The number of ether oxygens (including phenoxy) is 1. The van der Waals surface area contributed by atoms with Crippen LogP contribution in [0.4, 0.5) is 0 Å². The van der Waals surface area contributed by atoms with Gasteiger partial charge in [0, 0.05) is 10.6 Å². The number of aryl methyl sites for hydroxylation is 1. The van der Waals surface area contributed by atoms with Gasteiger partial charge in [-0.05, 0) is 37.0 Å². The molecule has 94 valence electrons. The monoisotopic (exact) mass is 253 g/mol. The SMILES string of the molecule is Cc1ccc(COCC2(N)CCCC2)c(Cl)c1. The van der Waals surface area contributed by atoms with Crippen molar-refractivity contribution in [2.45, 2.75) is 44.8 Å². The molecule has 0 atom stereocenters. The summed E-state index contributed by atoms with van der Waals surface area (Å²) in [5, 5.41) is 0.780. The van der Waals surface area contributed by atoms with E-state index in [2.05, 4.69) is 6.07 Å². The fourth-order valence-corrected chi connectivity index (χ4v) is 2.65. The molecular weight excluding hydrogens is 234 g/mol. The minimum atomic E-state index is -0.100. The van der Waals surface area contributed by atoms with Gasteiger partial charge in [-0.25, -0.2) is 0 Å². The molecule has 1 aliphatic carbocycles. The third-order valence-electron chi connectivity index (χ3n) is 3.45. The summed E-state index contributed by atoms with van der Waals surface area (Å²) < 4.78 is 5.72. The molecule has 0 aliphatic heterocycles. The van der Waals surface area contributed by atoms with Gasteiger partial charge in [-0.15, -0.1) is 0 Å². The van der Waals surface area contributed by atoms with Crippen LogP contribution in [-0.2, 0) is 11.3 Å². The van der Waals surface area contributed by atoms with Crippen molar-refractivity contribution in [3.8, 4) is 0 Å². The summed E-state index contributed by atoms with van der Waals surface area (Å²) in [6, 6.07) is 6.04. The van der Waals surface area contributed by atoms with Gasteiger partial charge in [0.15, 0.2) is 0 Å². The van der Waals surface area contributed by atoms with Crippen LogP contribution in [0.3, 0.4) is 0 Å². The summed E-state index contributed by atoms with van der Waals surface area (Å²) >= 11 is 6.15. The minimum absolute atomic E-state index is 0.100. The van der Waals surface area contributed by atoms with E-state index in [0.29, 0.717) is 13.2 Å². The smallest absolute Gasteiger partial charge is 0.0732 e. The molecule has 1 saturated carbocycles. The van der Waals surface area contributed by atoms with Crippen molar-refractivity contribution >= 4 is 11.6 Å². The van der Waals surface area contributed by atoms with Crippen molar-refractivity contribution in [1.29, 1.82) is 0 Å². The van der Waals surface area contributed by atoms with Crippen LogP contribution in [0, 0.1) is 6.92 Å². The Morgan fingerprint density at radius 1 is 1.35 bits per heavy atom. The number of benzene rings is 1. The molecule has 2 N–H and O–H groups in total. The fourth-order valence-electron chi connectivity index (χ4n) is 2.36. The average molecular weight is 254 g/mol. The molecule has 1 fully saturated rings. The molecule has 0 heterocycles. The highest BCUT2D eigenvalue weighted by Crippen LogP contribution is 2.28. The normalized spacial score (nSPS) is 18.5. The molecule has 0 radical (unpaired) electrons. The van der Waals surface area contributed by atoms with Crippen LogP contribution in [0.15, 0.2) is 18.2 Å². The van der Waals surface area contributed by atoms with Gasteiger partial charge in [0.2, 0.25) is 0 Å². The number of nitrogens with two attached hydrogens (primary N) is 1. The van der Waals surface area contributed by atoms with E-state index >= 15 is 0 Å². The van der Waals surface area contributed by atoms with Crippen LogP contribution in [0.2, 0.25) is 5.02 Å². The highest BCUT2D eigenvalue weighted by molar-refractivity contribution is 6.31. The molecule has 0 saturated heterocycles. The van der Waals surface area contributed by atoms with Gasteiger partial charge in [-0.1, -0.05) is 36.6 Å². The van der Waals surface area contributed by atoms with Crippen molar-refractivity contribution in [2.75, 3.05) is 6.61 Å². The van der Waals surface area contributed by atoms with Crippen molar-refractivity contribution in [3.63, 3.8) is 0 Å². The molecule has 2 rings (SSSR count). The maximum Gasteiger partial charge on any atom is 0.0732 e. The van der Waals surface area contributed by atoms with Crippen molar-refractivity contribution < 1.29 is 4.74 Å². The molecule has 1 aliphatic rings. The molecule has 0 amide bonds. The Morgan fingerprint density at radius 3 is 2.71 bits per heavy atom. The predicted molar refractivity (Wildman–Crippen MR) is 71.2 cm³/mol. The zero-order chi connectivity index (χ0) is 12.3. The topological polar surface area (TPSA) is 35.2 Å². The van der Waals surface area contributed by atoms with Gasteiger partial charge in [0.1, 0.15) is 0 Å². The number of hydrogen-bond donors (Lipinski definition) is 1. The van der Waals surface area contributed by atoms with Crippen molar-refractivity contribution in [1.82, 2.24) is 0 Å². The zero-order valence-corrected chi connectivity index (χ0v) is 11.1. The first-order valence-corrected chi connectivity index (χ1v) is 6.59. The second kappa shape index (κ2) is 5.38. The van der Waals surface area contributed by atoms with E-state index < -0.39 is 0 Å². The Kier molecular flexibility index (Phi) is 4.08. The Morgan fingerprint density at radius 2 is 2.06 bits per heavy atom. The standard InChI is InChI=1S/C14H20ClNO/c1-11-4-5-12(13(15)8-11)9-17-10-14(16)6-2-3-7-14/h4-5,8H,2-3,6-7,9-10,16H2,1H3. The summed E-state index contributed by atoms with van der Waals surface area (Å²) in [4.78, 5) is 0. The molecule has 0 spiro atoms. The Labute approximate surface area is 108 Å². The highest BCUT2D eigenvalue weighted by atomic mass is 35.5. The third-order valence-corrected chi connectivity index (χ3v) is 3.81. The quantitative estimate of drug-likeness (QED) is 0.892. The molecule has 0 bridgehead atoms. The summed E-state index contributed by atoms with van der Waals surface area (Å²) in [6.45, 7) is 3.22. The van der Waals surface area contributed by atoms with Gasteiger partial charge in [0.25, 0.3) is 0 Å². The molecule has 1 aromatic rings. The lowest BCUT2D eigenvalue weighted by atomic mass is 10.0. The molecule has 1 aromatic carbocycles. The van der Waals surface area contributed by atoms with Gasteiger partial charge < -0.3 is 10.5 Å². The zero-order valence-electron chi connectivity index (χ0n) is 10.3. The van der Waals surface area contributed by atoms with Gasteiger partial charge in [-0.3, -0.25) is 0 Å². The lowest BCUT2D eigenvalue weighted by Crippen LogP contribution is -2.41. The van der Waals surface area contributed by atoms with E-state index in [1.807, 2.05) is 19.1 Å². The van der Waals surface area contributed by atoms with Crippen LogP contribution in [-0.4, -0.2) is 12.1 Å². The van der Waals surface area contributed by atoms with Gasteiger partial charge in [0.05, 0.1) is 13.2 Å². The van der Waals surface area contributed by atoms with Gasteiger partial charge >= 0.3 is 0 Å². The lowest BCUT2D eigenvalue weighted by molar-refractivity contribution is 0.0751. The molecule has 0 unspecified atom stereocenters. The molecule has 17 heavy (non-hydrogen) atoms.